The summed E-state index contributed by atoms with van der Waals surface area (Å²) >= 11 is 0. The third kappa shape index (κ3) is 5.31. The Morgan fingerprint density at radius 1 is 0.615 bits per heavy atom. The highest BCUT2D eigenvalue weighted by molar-refractivity contribution is 7.89. The zero-order valence-electron chi connectivity index (χ0n) is 21.7. The molecular formula is C35H31NO2S. The van der Waals surface area contributed by atoms with Gasteiger partial charge in [0, 0.05) is 17.9 Å². The molecule has 0 aromatic heterocycles. The van der Waals surface area contributed by atoms with Gasteiger partial charge in [0.05, 0.1) is 4.90 Å². The molecule has 1 aliphatic rings. The van der Waals surface area contributed by atoms with Crippen molar-refractivity contribution in [3.63, 3.8) is 0 Å². The van der Waals surface area contributed by atoms with Crippen LogP contribution in [0.4, 0.5) is 0 Å². The normalized spacial score (nSPS) is 14.7. The molecule has 5 aromatic carbocycles. The van der Waals surface area contributed by atoms with Crippen LogP contribution >= 0.6 is 0 Å². The second-order valence-electron chi connectivity index (χ2n) is 10.2. The van der Waals surface area contributed by atoms with E-state index in [2.05, 4.69) is 77.5 Å². The summed E-state index contributed by atoms with van der Waals surface area (Å²) in [5, 5.41) is 0. The molecule has 4 heteroatoms. The Kier molecular flexibility index (Phi) is 7.14. The first-order chi connectivity index (χ1) is 19.1. The van der Waals surface area contributed by atoms with Gasteiger partial charge >= 0.3 is 0 Å². The molecule has 0 bridgehead atoms. The smallest absolute Gasteiger partial charge is 0.207 e. The van der Waals surface area contributed by atoms with E-state index in [1.807, 2.05) is 42.5 Å². The fourth-order valence-corrected chi connectivity index (χ4v) is 7.35. The molecule has 0 fully saturated rings. The number of hydrogen-bond donors (Lipinski definition) is 1. The Bertz CT molecular complexity index is 1610. The fraction of sp³-hybridized carbons (Fsp3) is 0.143. The molecule has 2 unspecified atom stereocenters. The minimum atomic E-state index is -3.78. The van der Waals surface area contributed by atoms with Crippen LogP contribution in [0.3, 0.4) is 0 Å². The maximum atomic E-state index is 13.8. The number of nitrogens with one attached hydrogen (secondary N) is 1. The monoisotopic (exact) mass is 529 g/mol. The summed E-state index contributed by atoms with van der Waals surface area (Å²) in [5.41, 5.74) is 7.34. The molecule has 6 rings (SSSR count). The van der Waals surface area contributed by atoms with Crippen LogP contribution in [-0.4, -0.2) is 14.5 Å². The number of rotatable bonds is 8. The molecule has 0 radical (unpaired) electrons. The zero-order chi connectivity index (χ0) is 26.7. The van der Waals surface area contributed by atoms with E-state index in [1.165, 1.54) is 22.3 Å². The van der Waals surface area contributed by atoms with E-state index in [0.29, 0.717) is 6.42 Å². The first-order valence-electron chi connectivity index (χ1n) is 13.4. The van der Waals surface area contributed by atoms with Crippen molar-refractivity contribution in [1.82, 2.24) is 4.72 Å². The fourth-order valence-electron chi connectivity index (χ4n) is 6.07. The van der Waals surface area contributed by atoms with Gasteiger partial charge in [0.2, 0.25) is 10.0 Å². The van der Waals surface area contributed by atoms with Crippen LogP contribution in [0.1, 0.15) is 45.2 Å². The van der Waals surface area contributed by atoms with E-state index in [4.69, 9.17) is 0 Å². The second-order valence-corrected chi connectivity index (χ2v) is 11.9. The van der Waals surface area contributed by atoms with E-state index in [-0.39, 0.29) is 16.7 Å². The van der Waals surface area contributed by atoms with Crippen molar-refractivity contribution in [3.8, 4) is 0 Å². The van der Waals surface area contributed by atoms with Crippen molar-refractivity contribution in [3.05, 3.63) is 173 Å². The summed E-state index contributed by atoms with van der Waals surface area (Å²) in [6, 6.07) is 46.1. The first kappa shape index (κ1) is 25.3. The van der Waals surface area contributed by atoms with Crippen LogP contribution in [0.2, 0.25) is 0 Å². The summed E-state index contributed by atoms with van der Waals surface area (Å²) < 4.78 is 30.9. The van der Waals surface area contributed by atoms with E-state index < -0.39 is 16.1 Å². The molecule has 0 heterocycles. The topological polar surface area (TPSA) is 46.2 Å². The molecule has 0 saturated carbocycles. The summed E-state index contributed by atoms with van der Waals surface area (Å²) in [5.74, 6) is -0.159. The van der Waals surface area contributed by atoms with Gasteiger partial charge in [0.1, 0.15) is 0 Å². The third-order valence-electron chi connectivity index (χ3n) is 7.80. The van der Waals surface area contributed by atoms with Crippen LogP contribution < -0.4 is 4.72 Å². The lowest BCUT2D eigenvalue weighted by Gasteiger charge is -2.39. The van der Waals surface area contributed by atoms with Crippen molar-refractivity contribution in [2.45, 2.75) is 35.6 Å². The summed E-state index contributed by atoms with van der Waals surface area (Å²) in [6.07, 6.45) is 1.44. The zero-order valence-corrected chi connectivity index (χ0v) is 22.5. The standard InChI is InChI=1S/C35H31NO2S/c37-39(38,30-20-8-3-9-21-30)36-33(24-26-14-4-1-5-15-26)34(27-16-6-2-7-17-27)35-31-22-12-10-18-28(31)25-29-19-11-13-23-32(29)35/h1-23,33-36H,24-25H2. The molecule has 1 N–H and O–H groups in total. The minimum absolute atomic E-state index is 0.0132. The summed E-state index contributed by atoms with van der Waals surface area (Å²) in [6.45, 7) is 0. The van der Waals surface area contributed by atoms with Crippen molar-refractivity contribution in [2.75, 3.05) is 0 Å². The largest absolute Gasteiger partial charge is 0.240 e. The summed E-state index contributed by atoms with van der Waals surface area (Å²) in [7, 11) is -3.78. The molecule has 3 nitrogen and oxygen atoms in total. The van der Waals surface area contributed by atoms with Gasteiger partial charge in [-0.05, 0) is 58.4 Å². The predicted octanol–water partition coefficient (Wildman–Crippen LogP) is 7.10. The van der Waals surface area contributed by atoms with E-state index >= 15 is 0 Å². The van der Waals surface area contributed by atoms with Crippen LogP contribution in [0, 0.1) is 0 Å². The molecule has 5 aromatic rings. The number of benzene rings is 5. The molecule has 2 atom stereocenters. The van der Waals surface area contributed by atoms with Crippen LogP contribution in [0.5, 0.6) is 0 Å². The highest BCUT2D eigenvalue weighted by atomic mass is 32.2. The van der Waals surface area contributed by atoms with Crippen LogP contribution in [-0.2, 0) is 22.9 Å². The van der Waals surface area contributed by atoms with Gasteiger partial charge < -0.3 is 0 Å². The quantitative estimate of drug-likeness (QED) is 0.233. The Morgan fingerprint density at radius 2 is 1.10 bits per heavy atom. The Morgan fingerprint density at radius 3 is 1.69 bits per heavy atom. The maximum Gasteiger partial charge on any atom is 0.240 e. The van der Waals surface area contributed by atoms with Crippen molar-refractivity contribution < 1.29 is 8.42 Å². The third-order valence-corrected chi connectivity index (χ3v) is 9.30. The molecule has 0 saturated heterocycles. The predicted molar refractivity (Wildman–Crippen MR) is 157 cm³/mol. The van der Waals surface area contributed by atoms with E-state index in [0.717, 1.165) is 17.5 Å². The highest BCUT2D eigenvalue weighted by Gasteiger charge is 2.39. The van der Waals surface area contributed by atoms with Crippen LogP contribution in [0.15, 0.2) is 144 Å². The number of fused-ring (bicyclic) bond motifs is 2. The van der Waals surface area contributed by atoms with Gasteiger partial charge in [0.15, 0.2) is 0 Å². The van der Waals surface area contributed by atoms with Crippen molar-refractivity contribution in [2.24, 2.45) is 0 Å². The Labute approximate surface area is 231 Å². The SMILES string of the molecule is O=S(=O)(NC(Cc1ccccc1)C(c1ccccc1)C1c2ccccc2Cc2ccccc21)c1ccccc1. The average Bonchev–Trinajstić information content (AvgIpc) is 2.98. The Hall–Kier alpha value is -3.99. The molecule has 0 aliphatic heterocycles. The first-order valence-corrected chi connectivity index (χ1v) is 14.9. The minimum Gasteiger partial charge on any atom is -0.207 e. The van der Waals surface area contributed by atoms with Crippen LogP contribution in [0.25, 0.3) is 0 Å². The van der Waals surface area contributed by atoms with Gasteiger partial charge in [0.25, 0.3) is 0 Å². The molecule has 194 valence electrons. The maximum absolute atomic E-state index is 13.8. The summed E-state index contributed by atoms with van der Waals surface area (Å²) in [4.78, 5) is 0.277. The van der Waals surface area contributed by atoms with Gasteiger partial charge in [-0.25, -0.2) is 13.1 Å². The number of hydrogen-bond acceptors (Lipinski definition) is 2. The highest BCUT2D eigenvalue weighted by Crippen LogP contribution is 2.47. The lowest BCUT2D eigenvalue weighted by Crippen LogP contribution is -2.43. The van der Waals surface area contributed by atoms with E-state index in [9.17, 15) is 8.42 Å². The van der Waals surface area contributed by atoms with Gasteiger partial charge in [-0.1, -0.05) is 127 Å². The molecule has 1 aliphatic carbocycles. The van der Waals surface area contributed by atoms with Gasteiger partial charge in [-0.15, -0.1) is 0 Å². The molecular weight excluding hydrogens is 498 g/mol. The second kappa shape index (κ2) is 11.0. The lowest BCUT2D eigenvalue weighted by molar-refractivity contribution is 0.439. The van der Waals surface area contributed by atoms with E-state index in [1.54, 1.807) is 24.3 Å². The van der Waals surface area contributed by atoms with Gasteiger partial charge in [-0.3, -0.25) is 0 Å². The molecule has 0 amide bonds. The lowest BCUT2D eigenvalue weighted by atomic mass is 9.67. The van der Waals surface area contributed by atoms with Crippen molar-refractivity contribution in [1.29, 1.82) is 0 Å². The van der Waals surface area contributed by atoms with Gasteiger partial charge in [-0.2, -0.15) is 0 Å². The van der Waals surface area contributed by atoms with Crippen molar-refractivity contribution >= 4 is 10.0 Å². The molecule has 0 spiro atoms. The number of sulfonamides is 1. The Balaban J connectivity index is 1.55. The molecule has 39 heavy (non-hydrogen) atoms. The average molecular weight is 530 g/mol.